The molecule has 2 aromatic carbocycles. The van der Waals surface area contributed by atoms with E-state index >= 15 is 0 Å². The second-order valence-corrected chi connectivity index (χ2v) is 6.88. The van der Waals surface area contributed by atoms with E-state index in [2.05, 4.69) is 15.2 Å². The van der Waals surface area contributed by atoms with Crippen LogP contribution in [-0.2, 0) is 4.79 Å². The van der Waals surface area contributed by atoms with Crippen LogP contribution in [-0.4, -0.2) is 35.0 Å². The number of likely N-dealkylation sites (tertiary alicyclic amines) is 1. The Labute approximate surface area is 165 Å². The fourth-order valence-electron chi connectivity index (χ4n) is 3.59. The zero-order chi connectivity index (χ0) is 19.2. The van der Waals surface area contributed by atoms with Gasteiger partial charge in [-0.2, -0.15) is 0 Å². The number of hydrogen-bond donors (Lipinski definition) is 1. The van der Waals surface area contributed by atoms with Crippen LogP contribution in [0.5, 0.6) is 5.75 Å². The maximum atomic E-state index is 13.2. The van der Waals surface area contributed by atoms with Crippen LogP contribution in [0.1, 0.15) is 18.0 Å². The van der Waals surface area contributed by atoms with E-state index in [0.29, 0.717) is 6.54 Å². The summed E-state index contributed by atoms with van der Waals surface area (Å²) in [7, 11) is 0. The molecule has 2 atom stereocenters. The lowest BCUT2D eigenvalue weighted by atomic mass is 10.0. The van der Waals surface area contributed by atoms with E-state index in [9.17, 15) is 4.79 Å². The molecule has 0 spiro atoms. The van der Waals surface area contributed by atoms with Crippen molar-refractivity contribution in [2.24, 2.45) is 0 Å². The summed E-state index contributed by atoms with van der Waals surface area (Å²) in [6, 6.07) is 22.9. The Morgan fingerprint density at radius 2 is 1.79 bits per heavy atom. The predicted molar refractivity (Wildman–Crippen MR) is 109 cm³/mol. The van der Waals surface area contributed by atoms with Gasteiger partial charge in [-0.25, -0.2) is 0 Å². The molecule has 4 rings (SSSR count). The van der Waals surface area contributed by atoms with Gasteiger partial charge in [-0.15, -0.1) is 0 Å². The van der Waals surface area contributed by atoms with E-state index < -0.39 is 0 Å². The smallest absolute Gasteiger partial charge is 0.246 e. The zero-order valence-corrected chi connectivity index (χ0v) is 15.6. The van der Waals surface area contributed by atoms with Gasteiger partial charge in [0.25, 0.3) is 0 Å². The first-order valence-electron chi connectivity index (χ1n) is 9.51. The normalized spacial score (nSPS) is 17.8. The van der Waals surface area contributed by atoms with E-state index in [4.69, 9.17) is 4.74 Å². The van der Waals surface area contributed by atoms with Gasteiger partial charge in [-0.05, 0) is 36.2 Å². The van der Waals surface area contributed by atoms with Crippen molar-refractivity contribution in [3.63, 3.8) is 0 Å². The molecule has 5 heteroatoms. The fourth-order valence-corrected chi connectivity index (χ4v) is 3.59. The third-order valence-electron chi connectivity index (χ3n) is 4.88. The summed E-state index contributed by atoms with van der Waals surface area (Å²) in [5, 5.41) is 3.05. The molecule has 0 unspecified atom stereocenters. The Balaban J connectivity index is 1.50. The first-order valence-corrected chi connectivity index (χ1v) is 9.51. The number of pyridine rings is 1. The summed E-state index contributed by atoms with van der Waals surface area (Å²) in [5.41, 5.74) is 1.79. The lowest BCUT2D eigenvalue weighted by Gasteiger charge is -2.27. The average Bonchev–Trinajstić information content (AvgIpc) is 3.18. The predicted octanol–water partition coefficient (Wildman–Crippen LogP) is 3.91. The van der Waals surface area contributed by atoms with Crippen LogP contribution < -0.4 is 10.1 Å². The first kappa shape index (κ1) is 18.2. The molecule has 0 saturated carbocycles. The standard InChI is InChI=1S/C23H23N3O2/c27-23(25-19-10-5-2-6-11-19)22(18-8-3-1-4-9-18)26-15-13-21(17-26)28-20-12-7-14-24-16-20/h1-12,14,16,21-22H,13,15,17H2,(H,25,27)/t21-,22-/m1/s1. The van der Waals surface area contributed by atoms with Gasteiger partial charge in [0.1, 0.15) is 17.9 Å². The molecule has 28 heavy (non-hydrogen) atoms. The SMILES string of the molecule is O=C(Nc1ccccc1)[C@@H](c1ccccc1)N1CC[C@@H](Oc2cccnc2)C1. The highest BCUT2D eigenvalue weighted by Crippen LogP contribution is 2.28. The molecular weight excluding hydrogens is 350 g/mol. The zero-order valence-electron chi connectivity index (χ0n) is 15.6. The van der Waals surface area contributed by atoms with Crippen LogP contribution in [0.3, 0.4) is 0 Å². The lowest BCUT2D eigenvalue weighted by molar-refractivity contribution is -0.121. The molecule has 0 aliphatic carbocycles. The van der Waals surface area contributed by atoms with Crippen LogP contribution in [0.15, 0.2) is 85.2 Å². The molecule has 2 heterocycles. The van der Waals surface area contributed by atoms with Crippen LogP contribution in [0.25, 0.3) is 0 Å². The molecule has 1 N–H and O–H groups in total. The van der Waals surface area contributed by atoms with Crippen molar-refractivity contribution in [1.82, 2.24) is 9.88 Å². The summed E-state index contributed by atoms with van der Waals surface area (Å²) in [6.45, 7) is 1.49. The minimum absolute atomic E-state index is 0.0283. The summed E-state index contributed by atoms with van der Waals surface area (Å²) in [5.74, 6) is 0.735. The van der Waals surface area contributed by atoms with E-state index in [1.165, 1.54) is 0 Å². The molecule has 1 aromatic heterocycles. The fraction of sp³-hybridized carbons (Fsp3) is 0.217. The molecule has 142 valence electrons. The monoisotopic (exact) mass is 373 g/mol. The number of aromatic nitrogens is 1. The molecule has 1 aliphatic rings. The molecular formula is C23H23N3O2. The van der Waals surface area contributed by atoms with E-state index in [-0.39, 0.29) is 18.1 Å². The summed E-state index contributed by atoms with van der Waals surface area (Å²) in [6.07, 6.45) is 4.36. The Bertz CT molecular complexity index is 887. The number of amides is 1. The average molecular weight is 373 g/mol. The largest absolute Gasteiger partial charge is 0.487 e. The van der Waals surface area contributed by atoms with Crippen molar-refractivity contribution >= 4 is 11.6 Å². The van der Waals surface area contributed by atoms with Crippen LogP contribution in [0.2, 0.25) is 0 Å². The second-order valence-electron chi connectivity index (χ2n) is 6.88. The van der Waals surface area contributed by atoms with Gasteiger partial charge < -0.3 is 10.1 Å². The Kier molecular flexibility index (Phi) is 5.64. The number of carbonyl (C=O) groups excluding carboxylic acids is 1. The van der Waals surface area contributed by atoms with Crippen molar-refractivity contribution in [3.05, 3.63) is 90.8 Å². The van der Waals surface area contributed by atoms with Gasteiger partial charge in [0.2, 0.25) is 5.91 Å². The minimum Gasteiger partial charge on any atom is -0.487 e. The molecule has 1 saturated heterocycles. The third-order valence-corrected chi connectivity index (χ3v) is 4.88. The molecule has 0 bridgehead atoms. The van der Waals surface area contributed by atoms with Crippen molar-refractivity contribution in [2.75, 3.05) is 18.4 Å². The minimum atomic E-state index is -0.357. The number of ether oxygens (including phenoxy) is 1. The number of para-hydroxylation sites is 1. The van der Waals surface area contributed by atoms with E-state index in [1.807, 2.05) is 72.8 Å². The molecule has 1 amide bonds. The highest BCUT2D eigenvalue weighted by atomic mass is 16.5. The lowest BCUT2D eigenvalue weighted by Crippen LogP contribution is -2.37. The van der Waals surface area contributed by atoms with Crippen molar-refractivity contribution in [2.45, 2.75) is 18.6 Å². The number of nitrogens with one attached hydrogen (secondary N) is 1. The van der Waals surface area contributed by atoms with Crippen LogP contribution in [0, 0.1) is 0 Å². The summed E-state index contributed by atoms with van der Waals surface area (Å²) >= 11 is 0. The number of hydrogen-bond acceptors (Lipinski definition) is 4. The third kappa shape index (κ3) is 4.38. The van der Waals surface area contributed by atoms with Crippen molar-refractivity contribution in [3.8, 4) is 5.75 Å². The second kappa shape index (κ2) is 8.67. The van der Waals surface area contributed by atoms with E-state index in [0.717, 1.165) is 30.0 Å². The molecule has 5 nitrogen and oxygen atoms in total. The van der Waals surface area contributed by atoms with Gasteiger partial charge in [0, 0.05) is 25.0 Å². The number of carbonyl (C=O) groups is 1. The summed E-state index contributed by atoms with van der Waals surface area (Å²) < 4.78 is 6.05. The molecule has 1 fully saturated rings. The molecule has 0 radical (unpaired) electrons. The Morgan fingerprint density at radius 3 is 2.50 bits per heavy atom. The maximum Gasteiger partial charge on any atom is 0.246 e. The van der Waals surface area contributed by atoms with E-state index in [1.54, 1.807) is 12.4 Å². The highest BCUT2D eigenvalue weighted by molar-refractivity contribution is 5.95. The topological polar surface area (TPSA) is 54.5 Å². The first-order chi connectivity index (χ1) is 13.8. The maximum absolute atomic E-state index is 13.2. The summed E-state index contributed by atoms with van der Waals surface area (Å²) in [4.78, 5) is 19.5. The Morgan fingerprint density at radius 1 is 1.04 bits per heavy atom. The van der Waals surface area contributed by atoms with Gasteiger partial charge in [-0.1, -0.05) is 48.5 Å². The molecule has 3 aromatic rings. The van der Waals surface area contributed by atoms with Crippen LogP contribution >= 0.6 is 0 Å². The highest BCUT2D eigenvalue weighted by Gasteiger charge is 2.34. The quantitative estimate of drug-likeness (QED) is 0.712. The van der Waals surface area contributed by atoms with Gasteiger partial charge >= 0.3 is 0 Å². The number of anilines is 1. The van der Waals surface area contributed by atoms with Gasteiger partial charge in [0.05, 0.1) is 6.20 Å². The Hall–Kier alpha value is -3.18. The number of nitrogens with zero attached hydrogens (tertiary/aromatic N) is 2. The van der Waals surface area contributed by atoms with Crippen molar-refractivity contribution in [1.29, 1.82) is 0 Å². The number of rotatable bonds is 6. The molecule has 1 aliphatic heterocycles. The number of benzene rings is 2. The van der Waals surface area contributed by atoms with Crippen molar-refractivity contribution < 1.29 is 9.53 Å². The van der Waals surface area contributed by atoms with Gasteiger partial charge in [-0.3, -0.25) is 14.7 Å². The van der Waals surface area contributed by atoms with Gasteiger partial charge in [0.15, 0.2) is 0 Å². The van der Waals surface area contributed by atoms with Crippen LogP contribution in [0.4, 0.5) is 5.69 Å².